The van der Waals surface area contributed by atoms with Crippen LogP contribution in [0.3, 0.4) is 0 Å². The Morgan fingerprint density at radius 1 is 1.00 bits per heavy atom. The highest BCUT2D eigenvalue weighted by Crippen LogP contribution is 2.25. The van der Waals surface area contributed by atoms with Gasteiger partial charge >= 0.3 is 0 Å². The minimum Gasteiger partial charge on any atom is -0.262 e. The predicted molar refractivity (Wildman–Crippen MR) is 63.8 cm³/mol. The van der Waals surface area contributed by atoms with E-state index in [-0.39, 0.29) is 5.82 Å². The Hall–Kier alpha value is -1.70. The minimum absolute atomic E-state index is 0.157. The smallest absolute Gasteiger partial charge is 0.126 e. The highest BCUT2D eigenvalue weighted by atomic mass is 19.1. The highest BCUT2D eigenvalue weighted by molar-refractivity contribution is 5.67. The van der Waals surface area contributed by atoms with Gasteiger partial charge in [0.1, 0.15) is 5.82 Å². The summed E-state index contributed by atoms with van der Waals surface area (Å²) < 4.78 is 13.5. The van der Waals surface area contributed by atoms with E-state index in [4.69, 9.17) is 0 Å². The normalized spacial score (nSPS) is 10.5. The molecule has 1 aromatic heterocycles. The van der Waals surface area contributed by atoms with Crippen molar-refractivity contribution in [3.8, 4) is 11.1 Å². The van der Waals surface area contributed by atoms with Crippen molar-refractivity contribution in [2.24, 2.45) is 0 Å². The number of rotatable bonds is 1. The van der Waals surface area contributed by atoms with Crippen molar-refractivity contribution in [2.45, 2.75) is 20.8 Å². The number of hydrogen-bond donors (Lipinski definition) is 0. The van der Waals surface area contributed by atoms with Crippen molar-refractivity contribution in [2.75, 3.05) is 0 Å². The molecule has 82 valence electrons. The lowest BCUT2D eigenvalue weighted by Gasteiger charge is -2.08. The van der Waals surface area contributed by atoms with Crippen LogP contribution >= 0.6 is 0 Å². The van der Waals surface area contributed by atoms with E-state index in [0.717, 1.165) is 22.4 Å². The molecule has 0 spiro atoms. The molecular weight excluding hydrogens is 201 g/mol. The zero-order valence-electron chi connectivity index (χ0n) is 9.71. The minimum atomic E-state index is -0.157. The summed E-state index contributed by atoms with van der Waals surface area (Å²) in [6, 6.07) is 7.35. The zero-order valence-corrected chi connectivity index (χ0v) is 9.71. The van der Waals surface area contributed by atoms with Gasteiger partial charge < -0.3 is 0 Å². The summed E-state index contributed by atoms with van der Waals surface area (Å²) >= 11 is 0. The van der Waals surface area contributed by atoms with E-state index >= 15 is 0 Å². The fourth-order valence-corrected chi connectivity index (χ4v) is 1.85. The van der Waals surface area contributed by atoms with Crippen LogP contribution in [0.15, 0.2) is 30.5 Å². The van der Waals surface area contributed by atoms with E-state index in [9.17, 15) is 4.39 Å². The Morgan fingerprint density at radius 3 is 2.44 bits per heavy atom. The summed E-state index contributed by atoms with van der Waals surface area (Å²) in [6.07, 6.45) is 1.75. The molecular formula is C14H14FN. The molecule has 0 bridgehead atoms. The quantitative estimate of drug-likeness (QED) is 0.704. The maximum Gasteiger partial charge on any atom is 0.126 e. The van der Waals surface area contributed by atoms with Crippen molar-refractivity contribution in [1.29, 1.82) is 0 Å². The summed E-state index contributed by atoms with van der Waals surface area (Å²) in [7, 11) is 0. The SMILES string of the molecule is Cc1cc(-c2cc(F)c(C)cc2C)ccn1. The predicted octanol–water partition coefficient (Wildman–Crippen LogP) is 3.81. The van der Waals surface area contributed by atoms with Gasteiger partial charge in [-0.15, -0.1) is 0 Å². The first-order valence-corrected chi connectivity index (χ1v) is 5.27. The molecule has 0 atom stereocenters. The van der Waals surface area contributed by atoms with Crippen molar-refractivity contribution in [3.63, 3.8) is 0 Å². The first kappa shape index (κ1) is 10.8. The van der Waals surface area contributed by atoms with Crippen LogP contribution in [0.1, 0.15) is 16.8 Å². The summed E-state index contributed by atoms with van der Waals surface area (Å²) in [5.74, 6) is -0.157. The molecule has 2 aromatic rings. The average Bonchev–Trinajstić information content (AvgIpc) is 2.23. The maximum absolute atomic E-state index is 13.5. The molecule has 16 heavy (non-hydrogen) atoms. The molecule has 1 heterocycles. The van der Waals surface area contributed by atoms with Crippen LogP contribution in [0.2, 0.25) is 0 Å². The molecule has 1 nitrogen and oxygen atoms in total. The lowest BCUT2D eigenvalue weighted by atomic mass is 9.99. The van der Waals surface area contributed by atoms with Crippen molar-refractivity contribution in [1.82, 2.24) is 4.98 Å². The van der Waals surface area contributed by atoms with Crippen LogP contribution in [0, 0.1) is 26.6 Å². The van der Waals surface area contributed by atoms with Crippen LogP contribution in [-0.4, -0.2) is 4.98 Å². The Bertz CT molecular complexity index is 532. The number of benzene rings is 1. The fraction of sp³-hybridized carbons (Fsp3) is 0.214. The highest BCUT2D eigenvalue weighted by Gasteiger charge is 2.06. The standard InChI is InChI=1S/C14H14FN/c1-9-6-10(2)14(15)8-13(9)12-4-5-16-11(3)7-12/h4-8H,1-3H3. The summed E-state index contributed by atoms with van der Waals surface area (Å²) in [5.41, 5.74) is 4.67. The third-order valence-corrected chi connectivity index (χ3v) is 2.71. The van der Waals surface area contributed by atoms with Gasteiger partial charge in [0.05, 0.1) is 0 Å². The van der Waals surface area contributed by atoms with Gasteiger partial charge in [0, 0.05) is 11.9 Å². The zero-order chi connectivity index (χ0) is 11.7. The van der Waals surface area contributed by atoms with Gasteiger partial charge in [-0.2, -0.15) is 0 Å². The monoisotopic (exact) mass is 215 g/mol. The molecule has 0 amide bonds. The molecule has 2 heteroatoms. The van der Waals surface area contributed by atoms with E-state index in [1.54, 1.807) is 19.2 Å². The topological polar surface area (TPSA) is 12.9 Å². The number of halogens is 1. The van der Waals surface area contributed by atoms with E-state index in [1.807, 2.05) is 32.0 Å². The molecule has 2 rings (SSSR count). The number of aryl methyl sites for hydroxylation is 3. The maximum atomic E-state index is 13.5. The lowest BCUT2D eigenvalue weighted by Crippen LogP contribution is -1.90. The molecule has 1 aromatic carbocycles. The Kier molecular flexibility index (Phi) is 2.73. The van der Waals surface area contributed by atoms with Gasteiger partial charge in [-0.3, -0.25) is 4.98 Å². The third kappa shape index (κ3) is 1.96. The molecule has 0 fully saturated rings. The first-order chi connectivity index (χ1) is 7.58. The summed E-state index contributed by atoms with van der Waals surface area (Å²) in [5, 5.41) is 0. The molecule has 0 N–H and O–H groups in total. The number of pyridine rings is 1. The van der Waals surface area contributed by atoms with Crippen LogP contribution in [0.25, 0.3) is 11.1 Å². The van der Waals surface area contributed by atoms with Crippen molar-refractivity contribution in [3.05, 3.63) is 53.1 Å². The van der Waals surface area contributed by atoms with Crippen molar-refractivity contribution < 1.29 is 4.39 Å². The summed E-state index contributed by atoms with van der Waals surface area (Å²) in [6.45, 7) is 5.71. The number of hydrogen-bond acceptors (Lipinski definition) is 1. The van der Waals surface area contributed by atoms with Crippen LogP contribution in [-0.2, 0) is 0 Å². The largest absolute Gasteiger partial charge is 0.262 e. The molecule has 0 radical (unpaired) electrons. The Labute approximate surface area is 95.0 Å². The number of aromatic nitrogens is 1. The van der Waals surface area contributed by atoms with Gasteiger partial charge in [0.25, 0.3) is 0 Å². The van der Waals surface area contributed by atoms with E-state index in [0.29, 0.717) is 5.56 Å². The average molecular weight is 215 g/mol. The van der Waals surface area contributed by atoms with Gasteiger partial charge in [-0.25, -0.2) is 4.39 Å². The van der Waals surface area contributed by atoms with E-state index < -0.39 is 0 Å². The number of nitrogens with zero attached hydrogens (tertiary/aromatic N) is 1. The lowest BCUT2D eigenvalue weighted by molar-refractivity contribution is 0.618. The van der Waals surface area contributed by atoms with Gasteiger partial charge in [-0.1, -0.05) is 6.07 Å². The van der Waals surface area contributed by atoms with Crippen LogP contribution < -0.4 is 0 Å². The van der Waals surface area contributed by atoms with E-state index in [1.165, 1.54) is 0 Å². The molecule has 0 aliphatic carbocycles. The van der Waals surface area contributed by atoms with Crippen LogP contribution in [0.4, 0.5) is 4.39 Å². The molecule has 0 saturated carbocycles. The Balaban J connectivity index is 2.60. The van der Waals surface area contributed by atoms with Crippen LogP contribution in [0.5, 0.6) is 0 Å². The molecule has 0 unspecified atom stereocenters. The summed E-state index contributed by atoms with van der Waals surface area (Å²) in [4.78, 5) is 4.14. The first-order valence-electron chi connectivity index (χ1n) is 5.27. The van der Waals surface area contributed by atoms with E-state index in [2.05, 4.69) is 4.98 Å². The van der Waals surface area contributed by atoms with Gasteiger partial charge in [0.15, 0.2) is 0 Å². The third-order valence-electron chi connectivity index (χ3n) is 2.71. The molecule has 0 aliphatic heterocycles. The second kappa shape index (κ2) is 4.05. The second-order valence-corrected chi connectivity index (χ2v) is 4.10. The second-order valence-electron chi connectivity index (χ2n) is 4.10. The molecule has 0 aliphatic rings. The van der Waals surface area contributed by atoms with Crippen molar-refractivity contribution >= 4 is 0 Å². The Morgan fingerprint density at radius 2 is 1.75 bits per heavy atom. The van der Waals surface area contributed by atoms with Gasteiger partial charge in [0.2, 0.25) is 0 Å². The van der Waals surface area contributed by atoms with Gasteiger partial charge in [-0.05, 0) is 61.2 Å². The molecule has 0 saturated heterocycles. The fourth-order valence-electron chi connectivity index (χ4n) is 1.85.